The summed E-state index contributed by atoms with van der Waals surface area (Å²) in [6.45, 7) is 4.80. The lowest BCUT2D eigenvalue weighted by Crippen LogP contribution is -2.51. The van der Waals surface area contributed by atoms with E-state index < -0.39 is 0 Å². The van der Waals surface area contributed by atoms with Crippen molar-refractivity contribution < 1.29 is 4.79 Å². The molecular formula is C11H15IN2OS. The van der Waals surface area contributed by atoms with Crippen molar-refractivity contribution in [3.05, 3.63) is 19.9 Å². The predicted molar refractivity (Wildman–Crippen MR) is 75.0 cm³/mol. The second-order valence-electron chi connectivity index (χ2n) is 4.22. The SMILES string of the molecule is CC1CN(C(=O)c2csc(I)c2)CCN1C. The lowest BCUT2D eigenvalue weighted by molar-refractivity contribution is 0.0573. The molecule has 88 valence electrons. The molecule has 0 saturated carbocycles. The third kappa shape index (κ3) is 2.57. The molecule has 0 aliphatic carbocycles. The zero-order valence-corrected chi connectivity index (χ0v) is 12.4. The fraction of sp³-hybridized carbons (Fsp3) is 0.545. The summed E-state index contributed by atoms with van der Waals surface area (Å²) >= 11 is 3.88. The molecule has 1 atom stereocenters. The van der Waals surface area contributed by atoms with Crippen LogP contribution in [0.5, 0.6) is 0 Å². The zero-order chi connectivity index (χ0) is 11.7. The van der Waals surface area contributed by atoms with E-state index in [1.807, 2.05) is 16.3 Å². The molecule has 2 rings (SSSR count). The van der Waals surface area contributed by atoms with Gasteiger partial charge in [0.25, 0.3) is 5.91 Å². The monoisotopic (exact) mass is 350 g/mol. The number of thiophene rings is 1. The van der Waals surface area contributed by atoms with Gasteiger partial charge in [0.2, 0.25) is 0 Å². The van der Waals surface area contributed by atoms with Gasteiger partial charge in [-0.15, -0.1) is 11.3 Å². The fourth-order valence-corrected chi connectivity index (χ4v) is 3.16. The van der Waals surface area contributed by atoms with Gasteiger partial charge in [0, 0.05) is 31.1 Å². The predicted octanol–water partition coefficient (Wildman–Crippen LogP) is 2.13. The molecule has 3 nitrogen and oxygen atoms in total. The normalized spacial score (nSPS) is 22.4. The van der Waals surface area contributed by atoms with Crippen LogP contribution in [-0.2, 0) is 0 Å². The van der Waals surface area contributed by atoms with Gasteiger partial charge in [0.1, 0.15) is 0 Å². The molecule has 5 heteroatoms. The highest BCUT2D eigenvalue weighted by molar-refractivity contribution is 14.1. The average molecular weight is 350 g/mol. The maximum absolute atomic E-state index is 12.2. The lowest BCUT2D eigenvalue weighted by atomic mass is 10.2. The largest absolute Gasteiger partial charge is 0.336 e. The van der Waals surface area contributed by atoms with Gasteiger partial charge in [-0.05, 0) is 42.6 Å². The van der Waals surface area contributed by atoms with Crippen LogP contribution in [-0.4, -0.2) is 48.4 Å². The van der Waals surface area contributed by atoms with Crippen LogP contribution >= 0.6 is 33.9 Å². The second-order valence-corrected chi connectivity index (χ2v) is 7.03. The molecule has 1 aliphatic rings. The summed E-state index contributed by atoms with van der Waals surface area (Å²) < 4.78 is 1.17. The Kier molecular flexibility index (Phi) is 3.86. The maximum Gasteiger partial charge on any atom is 0.254 e. The van der Waals surface area contributed by atoms with E-state index >= 15 is 0 Å². The Morgan fingerprint density at radius 1 is 1.56 bits per heavy atom. The molecule has 16 heavy (non-hydrogen) atoms. The minimum atomic E-state index is 0.180. The van der Waals surface area contributed by atoms with Crippen LogP contribution in [0.2, 0.25) is 0 Å². The number of hydrogen-bond donors (Lipinski definition) is 0. The molecule has 0 bridgehead atoms. The number of piperazine rings is 1. The molecule has 2 heterocycles. The van der Waals surface area contributed by atoms with Gasteiger partial charge < -0.3 is 9.80 Å². The molecule has 0 spiro atoms. The fourth-order valence-electron chi connectivity index (χ4n) is 1.84. The lowest BCUT2D eigenvalue weighted by Gasteiger charge is -2.37. The number of carbonyl (C=O) groups excluding carboxylic acids is 1. The van der Waals surface area contributed by atoms with E-state index in [0.29, 0.717) is 6.04 Å². The standard InChI is InChI=1S/C11H15IN2OS/c1-8-6-14(4-3-13(8)2)11(15)9-5-10(12)16-7-9/h5,7-8H,3-4,6H2,1-2H3. The van der Waals surface area contributed by atoms with Crippen molar-refractivity contribution in [1.82, 2.24) is 9.80 Å². The number of likely N-dealkylation sites (N-methyl/N-ethyl adjacent to an activating group) is 1. The first-order chi connectivity index (χ1) is 7.58. The Bertz CT molecular complexity index is 393. The third-order valence-electron chi connectivity index (χ3n) is 3.06. The first-order valence-corrected chi connectivity index (χ1v) is 7.27. The molecule has 1 aliphatic heterocycles. The van der Waals surface area contributed by atoms with Crippen LogP contribution in [0.3, 0.4) is 0 Å². The molecule has 1 saturated heterocycles. The van der Waals surface area contributed by atoms with Crippen LogP contribution in [0.1, 0.15) is 17.3 Å². The Balaban J connectivity index is 2.06. The van der Waals surface area contributed by atoms with Crippen molar-refractivity contribution >= 4 is 39.8 Å². The first kappa shape index (κ1) is 12.3. The van der Waals surface area contributed by atoms with Crippen LogP contribution in [0.4, 0.5) is 0 Å². The quantitative estimate of drug-likeness (QED) is 0.725. The van der Waals surface area contributed by atoms with E-state index in [0.717, 1.165) is 25.2 Å². The number of amides is 1. The van der Waals surface area contributed by atoms with Crippen molar-refractivity contribution in [3.8, 4) is 0 Å². The van der Waals surface area contributed by atoms with Gasteiger partial charge in [-0.2, -0.15) is 0 Å². The van der Waals surface area contributed by atoms with E-state index in [-0.39, 0.29) is 5.91 Å². The van der Waals surface area contributed by atoms with Crippen molar-refractivity contribution in [3.63, 3.8) is 0 Å². The molecule has 1 aromatic heterocycles. The van der Waals surface area contributed by atoms with Gasteiger partial charge in [-0.1, -0.05) is 0 Å². The Hall–Kier alpha value is -0.140. The van der Waals surface area contributed by atoms with Gasteiger partial charge in [-0.25, -0.2) is 0 Å². The summed E-state index contributed by atoms with van der Waals surface area (Å²) in [4.78, 5) is 16.4. The Morgan fingerprint density at radius 3 is 2.88 bits per heavy atom. The van der Waals surface area contributed by atoms with Crippen LogP contribution in [0.15, 0.2) is 11.4 Å². The topological polar surface area (TPSA) is 23.6 Å². The van der Waals surface area contributed by atoms with Crippen LogP contribution in [0.25, 0.3) is 0 Å². The van der Waals surface area contributed by atoms with Gasteiger partial charge in [-0.3, -0.25) is 4.79 Å². The number of carbonyl (C=O) groups is 1. The smallest absolute Gasteiger partial charge is 0.254 e. The Labute approximate surface area is 114 Å². The second kappa shape index (κ2) is 5.01. The summed E-state index contributed by atoms with van der Waals surface area (Å²) in [6.07, 6.45) is 0. The van der Waals surface area contributed by atoms with E-state index in [1.54, 1.807) is 11.3 Å². The van der Waals surface area contributed by atoms with E-state index in [1.165, 1.54) is 2.88 Å². The maximum atomic E-state index is 12.2. The molecule has 0 aromatic carbocycles. The molecule has 0 N–H and O–H groups in total. The minimum absolute atomic E-state index is 0.180. The number of hydrogen-bond acceptors (Lipinski definition) is 3. The molecule has 1 aromatic rings. The summed E-state index contributed by atoms with van der Waals surface area (Å²) in [5, 5.41) is 1.95. The van der Waals surface area contributed by atoms with E-state index in [9.17, 15) is 4.79 Å². The average Bonchev–Trinajstić information content (AvgIpc) is 2.68. The minimum Gasteiger partial charge on any atom is -0.336 e. The molecule has 1 amide bonds. The first-order valence-electron chi connectivity index (χ1n) is 5.31. The summed E-state index contributed by atoms with van der Waals surface area (Å²) in [7, 11) is 2.11. The summed E-state index contributed by atoms with van der Waals surface area (Å²) in [5.74, 6) is 0.180. The van der Waals surface area contributed by atoms with Crippen molar-refractivity contribution in [1.29, 1.82) is 0 Å². The highest BCUT2D eigenvalue weighted by atomic mass is 127. The number of halogens is 1. The zero-order valence-electron chi connectivity index (χ0n) is 9.44. The van der Waals surface area contributed by atoms with Gasteiger partial charge in [0.05, 0.1) is 8.45 Å². The Morgan fingerprint density at radius 2 is 2.31 bits per heavy atom. The molecular weight excluding hydrogens is 335 g/mol. The van der Waals surface area contributed by atoms with Crippen molar-refractivity contribution in [2.75, 3.05) is 26.7 Å². The summed E-state index contributed by atoms with van der Waals surface area (Å²) in [5.41, 5.74) is 0.839. The van der Waals surface area contributed by atoms with Crippen molar-refractivity contribution in [2.45, 2.75) is 13.0 Å². The number of nitrogens with zero attached hydrogens (tertiary/aromatic N) is 2. The summed E-state index contributed by atoms with van der Waals surface area (Å²) in [6, 6.07) is 2.42. The van der Waals surface area contributed by atoms with Crippen molar-refractivity contribution in [2.24, 2.45) is 0 Å². The number of rotatable bonds is 1. The van der Waals surface area contributed by atoms with Crippen LogP contribution in [0, 0.1) is 2.88 Å². The third-order valence-corrected chi connectivity index (χ3v) is 4.85. The van der Waals surface area contributed by atoms with Gasteiger partial charge in [0.15, 0.2) is 0 Å². The highest BCUT2D eigenvalue weighted by Crippen LogP contribution is 2.19. The molecule has 1 unspecified atom stereocenters. The van der Waals surface area contributed by atoms with Crippen LogP contribution < -0.4 is 0 Å². The highest BCUT2D eigenvalue weighted by Gasteiger charge is 2.25. The van der Waals surface area contributed by atoms with Gasteiger partial charge >= 0.3 is 0 Å². The molecule has 1 fully saturated rings. The van der Waals surface area contributed by atoms with E-state index in [4.69, 9.17) is 0 Å². The molecule has 0 radical (unpaired) electrons. The van der Waals surface area contributed by atoms with E-state index in [2.05, 4.69) is 41.5 Å².